The minimum Gasteiger partial charge on any atom is -0.469 e. The summed E-state index contributed by atoms with van der Waals surface area (Å²) >= 11 is 3.71. The molecule has 1 N–H and O–H groups in total. The van der Waals surface area contributed by atoms with Gasteiger partial charge in [0.2, 0.25) is 0 Å². The van der Waals surface area contributed by atoms with Crippen molar-refractivity contribution in [3.8, 4) is 0 Å². The van der Waals surface area contributed by atoms with Gasteiger partial charge in [-0.2, -0.15) is 0 Å². The smallest absolute Gasteiger partial charge is 0.254 e. The Hall–Kier alpha value is -0.770. The van der Waals surface area contributed by atoms with Crippen LogP contribution in [0, 0.1) is 5.92 Å². The number of carbonyl (C=O) groups is 1. The van der Waals surface area contributed by atoms with Crippen LogP contribution in [0.25, 0.3) is 0 Å². The first kappa shape index (κ1) is 13.7. The van der Waals surface area contributed by atoms with Crippen LogP contribution in [0.1, 0.15) is 48.7 Å². The van der Waals surface area contributed by atoms with Gasteiger partial charge >= 0.3 is 0 Å². The highest BCUT2D eigenvalue weighted by Gasteiger charge is 2.23. The van der Waals surface area contributed by atoms with Gasteiger partial charge in [0, 0.05) is 17.8 Å². The first-order chi connectivity index (χ1) is 8.72. The van der Waals surface area contributed by atoms with Crippen molar-refractivity contribution in [3.05, 3.63) is 23.7 Å². The van der Waals surface area contributed by atoms with Gasteiger partial charge in [-0.1, -0.05) is 35.7 Å². The molecule has 2 atom stereocenters. The number of hydrogen-bond donors (Lipinski definition) is 1. The van der Waals surface area contributed by atoms with Crippen LogP contribution < -0.4 is 5.32 Å². The number of amides is 1. The number of carbonyl (C=O) groups excluding carboxylic acids is 1. The quantitative estimate of drug-likeness (QED) is 0.864. The molecule has 1 aromatic heterocycles. The number of alkyl halides is 1. The summed E-state index contributed by atoms with van der Waals surface area (Å²) in [4.78, 5) is 12.6. The van der Waals surface area contributed by atoms with E-state index in [1.807, 2.05) is 6.92 Å². The third kappa shape index (κ3) is 3.16. The fraction of sp³-hybridized carbons (Fsp3) is 0.643. The molecule has 4 heteroatoms. The number of nitrogens with one attached hydrogen (secondary N) is 1. The number of halogens is 1. The zero-order valence-electron chi connectivity index (χ0n) is 10.7. The van der Waals surface area contributed by atoms with Gasteiger partial charge in [-0.05, 0) is 24.8 Å². The third-order valence-electron chi connectivity index (χ3n) is 3.65. The van der Waals surface area contributed by atoms with Gasteiger partial charge in [0.1, 0.15) is 5.76 Å². The van der Waals surface area contributed by atoms with Crippen LogP contribution in [-0.2, 0) is 6.42 Å². The predicted octanol–water partition coefficient (Wildman–Crippen LogP) is 3.53. The van der Waals surface area contributed by atoms with E-state index in [0.29, 0.717) is 16.3 Å². The lowest BCUT2D eigenvalue weighted by Crippen LogP contribution is -2.34. The summed E-state index contributed by atoms with van der Waals surface area (Å²) in [5, 5.41) is 3.03. The van der Waals surface area contributed by atoms with E-state index in [1.165, 1.54) is 25.7 Å². The molecule has 1 fully saturated rings. The van der Waals surface area contributed by atoms with Crippen LogP contribution in [0.4, 0.5) is 0 Å². The highest BCUT2D eigenvalue weighted by atomic mass is 79.9. The maximum absolute atomic E-state index is 12.0. The molecular formula is C14H20BrNO2. The molecule has 1 aliphatic rings. The van der Waals surface area contributed by atoms with Crippen LogP contribution in [0.5, 0.6) is 0 Å². The average Bonchev–Trinajstić information content (AvgIpc) is 2.86. The molecule has 100 valence electrons. The lowest BCUT2D eigenvalue weighted by Gasteiger charge is -2.27. The maximum Gasteiger partial charge on any atom is 0.254 e. The Balaban J connectivity index is 1.88. The van der Waals surface area contributed by atoms with E-state index in [2.05, 4.69) is 21.2 Å². The van der Waals surface area contributed by atoms with E-state index in [-0.39, 0.29) is 5.91 Å². The highest BCUT2D eigenvalue weighted by molar-refractivity contribution is 9.09. The van der Waals surface area contributed by atoms with Crippen molar-refractivity contribution >= 4 is 21.8 Å². The molecule has 1 heterocycles. The van der Waals surface area contributed by atoms with Crippen LogP contribution in [0.3, 0.4) is 0 Å². The van der Waals surface area contributed by atoms with Crippen molar-refractivity contribution < 1.29 is 9.21 Å². The normalized spacial score (nSPS) is 23.9. The van der Waals surface area contributed by atoms with Gasteiger partial charge < -0.3 is 9.73 Å². The van der Waals surface area contributed by atoms with E-state index in [1.54, 1.807) is 12.3 Å². The number of furan rings is 1. The molecule has 3 nitrogen and oxygen atoms in total. The molecule has 1 saturated carbocycles. The van der Waals surface area contributed by atoms with E-state index >= 15 is 0 Å². The summed E-state index contributed by atoms with van der Waals surface area (Å²) in [6.07, 6.45) is 7.31. The van der Waals surface area contributed by atoms with Crippen molar-refractivity contribution in [3.63, 3.8) is 0 Å². The lowest BCUT2D eigenvalue weighted by atomic mass is 9.89. The predicted molar refractivity (Wildman–Crippen MR) is 75.1 cm³/mol. The number of rotatable bonds is 4. The summed E-state index contributed by atoms with van der Waals surface area (Å²) in [6.45, 7) is 2.74. The molecule has 0 radical (unpaired) electrons. The van der Waals surface area contributed by atoms with Crippen molar-refractivity contribution in [2.24, 2.45) is 5.92 Å². The zero-order chi connectivity index (χ0) is 13.0. The fourth-order valence-corrected chi connectivity index (χ4v) is 3.30. The molecule has 0 aromatic carbocycles. The second-order valence-corrected chi connectivity index (χ2v) is 6.06. The van der Waals surface area contributed by atoms with Crippen molar-refractivity contribution in [2.45, 2.75) is 43.9 Å². The summed E-state index contributed by atoms with van der Waals surface area (Å²) in [7, 11) is 0. The summed E-state index contributed by atoms with van der Waals surface area (Å²) in [6, 6.07) is 1.75. The van der Waals surface area contributed by atoms with E-state index in [0.717, 1.165) is 18.7 Å². The summed E-state index contributed by atoms with van der Waals surface area (Å²) in [5.41, 5.74) is 0.680. The monoisotopic (exact) mass is 313 g/mol. The third-order valence-corrected chi connectivity index (χ3v) is 4.86. The molecule has 0 bridgehead atoms. The second-order valence-electron chi connectivity index (χ2n) is 4.88. The second kappa shape index (κ2) is 6.41. The average molecular weight is 314 g/mol. The van der Waals surface area contributed by atoms with Crippen molar-refractivity contribution in [1.29, 1.82) is 0 Å². The van der Waals surface area contributed by atoms with Crippen LogP contribution in [0.2, 0.25) is 0 Å². The molecule has 0 spiro atoms. The van der Waals surface area contributed by atoms with E-state index < -0.39 is 0 Å². The Morgan fingerprint density at radius 2 is 2.28 bits per heavy atom. The molecule has 2 unspecified atom stereocenters. The van der Waals surface area contributed by atoms with Crippen molar-refractivity contribution in [2.75, 3.05) is 6.54 Å². The largest absolute Gasteiger partial charge is 0.469 e. The van der Waals surface area contributed by atoms with Crippen LogP contribution >= 0.6 is 15.9 Å². The van der Waals surface area contributed by atoms with Gasteiger partial charge in [0.05, 0.1) is 11.8 Å². The van der Waals surface area contributed by atoms with E-state index in [9.17, 15) is 4.79 Å². The number of hydrogen-bond acceptors (Lipinski definition) is 2. The molecule has 1 aromatic rings. The van der Waals surface area contributed by atoms with Gasteiger partial charge in [0.25, 0.3) is 5.91 Å². The van der Waals surface area contributed by atoms with Crippen molar-refractivity contribution in [1.82, 2.24) is 5.32 Å². The number of aryl methyl sites for hydroxylation is 1. The molecule has 0 saturated heterocycles. The van der Waals surface area contributed by atoms with Crippen LogP contribution in [0.15, 0.2) is 16.7 Å². The standard InChI is InChI=1S/C14H20BrNO2/c1-2-13-11(7-8-18-13)14(17)16-9-10-5-3-4-6-12(10)15/h7-8,10,12H,2-6,9H2,1H3,(H,16,17). The minimum absolute atomic E-state index is 0.00845. The van der Waals surface area contributed by atoms with Gasteiger partial charge in [-0.25, -0.2) is 0 Å². The first-order valence-electron chi connectivity index (χ1n) is 6.71. The summed E-state index contributed by atoms with van der Waals surface area (Å²) < 4.78 is 5.28. The molecular weight excluding hydrogens is 294 g/mol. The lowest BCUT2D eigenvalue weighted by molar-refractivity contribution is 0.0942. The maximum atomic E-state index is 12.0. The topological polar surface area (TPSA) is 42.2 Å². The molecule has 18 heavy (non-hydrogen) atoms. The van der Waals surface area contributed by atoms with Crippen LogP contribution in [-0.4, -0.2) is 17.3 Å². The van der Waals surface area contributed by atoms with E-state index in [4.69, 9.17) is 4.42 Å². The Kier molecular flexibility index (Phi) is 4.87. The van der Waals surface area contributed by atoms with Gasteiger partial charge in [-0.3, -0.25) is 4.79 Å². The Morgan fingerprint density at radius 3 is 3.00 bits per heavy atom. The van der Waals surface area contributed by atoms with Gasteiger partial charge in [-0.15, -0.1) is 0 Å². The fourth-order valence-electron chi connectivity index (χ4n) is 2.53. The minimum atomic E-state index is -0.00845. The molecule has 2 rings (SSSR count). The summed E-state index contributed by atoms with van der Waals surface area (Å²) in [5.74, 6) is 1.32. The molecule has 1 amide bonds. The Bertz CT molecular complexity index is 402. The zero-order valence-corrected chi connectivity index (χ0v) is 12.3. The molecule has 1 aliphatic carbocycles. The first-order valence-corrected chi connectivity index (χ1v) is 7.62. The molecule has 0 aliphatic heterocycles. The van der Waals surface area contributed by atoms with Gasteiger partial charge in [0.15, 0.2) is 0 Å². The highest BCUT2D eigenvalue weighted by Crippen LogP contribution is 2.29. The Labute approximate surface area is 116 Å². The SMILES string of the molecule is CCc1occc1C(=O)NCC1CCCCC1Br. The Morgan fingerprint density at radius 1 is 1.50 bits per heavy atom.